The predicted molar refractivity (Wildman–Crippen MR) is 252 cm³/mol. The number of nitrogens with one attached hydrogen (secondary N) is 3. The Kier molecular flexibility index (Phi) is 15.1. The van der Waals surface area contributed by atoms with Gasteiger partial charge in [0.25, 0.3) is 0 Å². The van der Waals surface area contributed by atoms with Gasteiger partial charge in [-0.3, -0.25) is 19.3 Å². The van der Waals surface area contributed by atoms with E-state index < -0.39 is 29.3 Å². The summed E-state index contributed by atoms with van der Waals surface area (Å²) >= 11 is 12.5. The zero-order valence-corrected chi connectivity index (χ0v) is 38.2. The van der Waals surface area contributed by atoms with E-state index in [-0.39, 0.29) is 49.2 Å². The molecule has 64 heavy (non-hydrogen) atoms. The number of aryl methyl sites for hydroxylation is 1. The number of amides is 4. The minimum atomic E-state index is -1.06. The van der Waals surface area contributed by atoms with Gasteiger partial charge in [-0.1, -0.05) is 151 Å². The quantitative estimate of drug-likeness (QED) is 0.0903. The van der Waals surface area contributed by atoms with Gasteiger partial charge < -0.3 is 25.6 Å². The maximum Gasteiger partial charge on any atom is 0.407 e. The second-order valence-electron chi connectivity index (χ2n) is 17.7. The first-order valence-electron chi connectivity index (χ1n) is 22.1. The molecule has 0 bridgehead atoms. The van der Waals surface area contributed by atoms with Gasteiger partial charge in [0.15, 0.2) is 0 Å². The van der Waals surface area contributed by atoms with E-state index in [0.29, 0.717) is 36.0 Å². The van der Waals surface area contributed by atoms with Gasteiger partial charge in [-0.15, -0.1) is 0 Å². The number of carbonyl (C=O) groups is 4. The molecule has 4 atom stereocenters. The molecule has 0 spiro atoms. The predicted octanol–water partition coefficient (Wildman–Crippen LogP) is 9.07. The maximum absolute atomic E-state index is 15.1. The van der Waals surface area contributed by atoms with E-state index >= 15 is 4.79 Å². The molecule has 5 aromatic rings. The molecular weight excluding hydrogens is 846 g/mol. The molecule has 3 N–H and O–H groups in total. The molecule has 7 rings (SSSR count). The number of benzene rings is 5. The van der Waals surface area contributed by atoms with Gasteiger partial charge in [-0.05, 0) is 92.8 Å². The lowest BCUT2D eigenvalue weighted by atomic mass is 9.77. The molecule has 2 heterocycles. The summed E-state index contributed by atoms with van der Waals surface area (Å²) in [4.78, 5) is 61.2. The Morgan fingerprint density at radius 1 is 0.766 bits per heavy atom. The molecular formula is C52H57Cl2N5O5. The van der Waals surface area contributed by atoms with Crippen LogP contribution in [-0.4, -0.2) is 76.5 Å². The van der Waals surface area contributed by atoms with Crippen molar-refractivity contribution in [2.24, 2.45) is 0 Å². The molecule has 2 fully saturated rings. The molecule has 0 saturated carbocycles. The van der Waals surface area contributed by atoms with Crippen LogP contribution in [0.2, 0.25) is 10.0 Å². The third-order valence-electron chi connectivity index (χ3n) is 12.1. The van der Waals surface area contributed by atoms with Gasteiger partial charge in [-0.25, -0.2) is 4.79 Å². The average molecular weight is 903 g/mol. The molecule has 10 nitrogen and oxygen atoms in total. The highest BCUT2D eigenvalue weighted by Crippen LogP contribution is 2.37. The highest BCUT2D eigenvalue weighted by atomic mass is 35.5. The molecule has 334 valence electrons. The number of rotatable bonds is 15. The minimum Gasteiger partial charge on any atom is -0.444 e. The summed E-state index contributed by atoms with van der Waals surface area (Å²) in [6, 6.07) is 43.0. The van der Waals surface area contributed by atoms with Crippen molar-refractivity contribution >= 4 is 47.0 Å². The van der Waals surface area contributed by atoms with Crippen molar-refractivity contribution in [1.82, 2.24) is 25.8 Å². The van der Waals surface area contributed by atoms with Gasteiger partial charge >= 0.3 is 6.09 Å². The highest BCUT2D eigenvalue weighted by Gasteiger charge is 2.47. The lowest BCUT2D eigenvalue weighted by molar-refractivity contribution is -0.143. The largest absolute Gasteiger partial charge is 0.444 e. The Balaban J connectivity index is 1.19. The van der Waals surface area contributed by atoms with Crippen LogP contribution in [0.5, 0.6) is 0 Å². The van der Waals surface area contributed by atoms with E-state index in [1.807, 2.05) is 130 Å². The fraction of sp³-hybridized carbons (Fsp3) is 0.346. The van der Waals surface area contributed by atoms with Crippen LogP contribution in [-0.2, 0) is 37.6 Å². The number of fused-ring (bicyclic) bond motifs is 1. The smallest absolute Gasteiger partial charge is 0.407 e. The number of carbonyl (C=O) groups excluding carboxylic acids is 4. The number of halogens is 2. The van der Waals surface area contributed by atoms with Crippen LogP contribution >= 0.6 is 23.2 Å². The average Bonchev–Trinajstić information content (AvgIpc) is 3.66. The van der Waals surface area contributed by atoms with Crippen molar-refractivity contribution in [3.05, 3.63) is 177 Å². The molecule has 2 aliphatic heterocycles. The molecule has 2 aliphatic rings. The van der Waals surface area contributed by atoms with Crippen LogP contribution in [0.4, 0.5) is 4.79 Å². The monoisotopic (exact) mass is 901 g/mol. The van der Waals surface area contributed by atoms with Gasteiger partial charge in [0, 0.05) is 38.1 Å². The lowest BCUT2D eigenvalue weighted by Crippen LogP contribution is -2.54. The molecule has 0 radical (unpaired) electrons. The number of nitrogens with zero attached hydrogens (tertiary/aromatic N) is 2. The fourth-order valence-electron chi connectivity index (χ4n) is 9.14. The van der Waals surface area contributed by atoms with E-state index in [1.54, 1.807) is 23.1 Å². The van der Waals surface area contributed by atoms with E-state index in [4.69, 9.17) is 27.9 Å². The number of alkyl carbamates (subject to hydrolysis) is 1. The standard InChI is InChI=1S/C52H57Cl2N5O5/c1-51(2,3)64-50(63)56-41-33-46-49(62)58(31-30-42(59(46)35-41)26-24-36-16-8-4-9-17-36)45(48(61)55-34-37-25-27-43(53)44(54)32-37)28-29-47(60)57-52(38-18-10-5-11-19-38,39-20-12-6-13-21-39)40-22-14-7-15-23-40/h4-23,25,27,32,41-42,45-46H,24,26,28-31,33-35H2,1-3H3,(H,55,61)(H,56,63)(H,57,60)/t41-,42?,45-,46+/m1/s1. The molecule has 2 saturated heterocycles. The Labute approximate surface area is 386 Å². The van der Waals surface area contributed by atoms with Gasteiger partial charge in [-0.2, -0.15) is 0 Å². The lowest BCUT2D eigenvalue weighted by Gasteiger charge is -2.37. The van der Waals surface area contributed by atoms with Gasteiger partial charge in [0.05, 0.1) is 16.1 Å². The van der Waals surface area contributed by atoms with Crippen LogP contribution < -0.4 is 16.0 Å². The Bertz CT molecular complexity index is 2270. The summed E-state index contributed by atoms with van der Waals surface area (Å²) in [7, 11) is 0. The Morgan fingerprint density at radius 3 is 1.91 bits per heavy atom. The summed E-state index contributed by atoms with van der Waals surface area (Å²) in [6.07, 6.45) is 1.98. The van der Waals surface area contributed by atoms with Crippen molar-refractivity contribution in [3.63, 3.8) is 0 Å². The number of hydrogen-bond donors (Lipinski definition) is 3. The highest BCUT2D eigenvalue weighted by molar-refractivity contribution is 6.42. The second kappa shape index (κ2) is 20.9. The second-order valence-corrected chi connectivity index (χ2v) is 18.5. The zero-order valence-electron chi connectivity index (χ0n) is 36.6. The number of ether oxygens (including phenoxy) is 1. The first kappa shape index (κ1) is 46.3. The van der Waals surface area contributed by atoms with Gasteiger partial charge in [0.1, 0.15) is 17.2 Å². The molecule has 12 heteroatoms. The van der Waals surface area contributed by atoms with Crippen LogP contribution in [0, 0.1) is 0 Å². The topological polar surface area (TPSA) is 120 Å². The summed E-state index contributed by atoms with van der Waals surface area (Å²) in [5.74, 6) is -0.882. The molecule has 4 amide bonds. The maximum atomic E-state index is 15.1. The first-order valence-corrected chi connectivity index (χ1v) is 22.8. The molecule has 0 aromatic heterocycles. The summed E-state index contributed by atoms with van der Waals surface area (Å²) in [5.41, 5.74) is 2.80. The van der Waals surface area contributed by atoms with Crippen molar-refractivity contribution < 1.29 is 23.9 Å². The molecule has 0 aliphatic carbocycles. The van der Waals surface area contributed by atoms with Gasteiger partial charge in [0.2, 0.25) is 17.7 Å². The first-order chi connectivity index (χ1) is 30.8. The molecule has 1 unspecified atom stereocenters. The molecule has 5 aromatic carbocycles. The Morgan fingerprint density at radius 2 is 1.34 bits per heavy atom. The Hall–Kier alpha value is -5.68. The zero-order chi connectivity index (χ0) is 45.3. The van der Waals surface area contributed by atoms with Crippen LogP contribution in [0.15, 0.2) is 140 Å². The number of hydrogen-bond acceptors (Lipinski definition) is 6. The minimum absolute atomic E-state index is 0.0176. The fourth-order valence-corrected chi connectivity index (χ4v) is 9.47. The van der Waals surface area contributed by atoms with E-state index in [9.17, 15) is 14.4 Å². The summed E-state index contributed by atoms with van der Waals surface area (Å²) in [5, 5.41) is 10.3. The van der Waals surface area contributed by atoms with Crippen LogP contribution in [0.1, 0.15) is 80.7 Å². The van der Waals surface area contributed by atoms with Crippen molar-refractivity contribution in [1.29, 1.82) is 0 Å². The van der Waals surface area contributed by atoms with Crippen molar-refractivity contribution in [2.45, 2.75) is 101 Å². The van der Waals surface area contributed by atoms with Crippen molar-refractivity contribution in [3.8, 4) is 0 Å². The van der Waals surface area contributed by atoms with Crippen LogP contribution in [0.25, 0.3) is 0 Å². The third kappa shape index (κ3) is 11.3. The van der Waals surface area contributed by atoms with Crippen molar-refractivity contribution in [2.75, 3.05) is 13.1 Å². The van der Waals surface area contributed by atoms with E-state index in [0.717, 1.165) is 35.1 Å². The summed E-state index contributed by atoms with van der Waals surface area (Å²) < 4.78 is 5.61. The van der Waals surface area contributed by atoms with E-state index in [2.05, 4.69) is 33.0 Å². The normalized spacial score (nSPS) is 18.4. The SMILES string of the molecule is CC(C)(C)OC(=O)N[C@@H]1C[C@H]2C(=O)N([C@H](CCC(=O)NC(c3ccccc3)(c3ccccc3)c3ccccc3)C(=O)NCc3ccc(Cl)c(Cl)c3)CCC(CCc3ccccc3)N2C1. The van der Waals surface area contributed by atoms with E-state index in [1.165, 1.54) is 5.56 Å². The summed E-state index contributed by atoms with van der Waals surface area (Å²) in [6.45, 7) is 6.34. The third-order valence-corrected chi connectivity index (χ3v) is 12.9. The van der Waals surface area contributed by atoms with Crippen LogP contribution in [0.3, 0.4) is 0 Å².